The van der Waals surface area contributed by atoms with Gasteiger partial charge in [-0.3, -0.25) is 4.79 Å². The Labute approximate surface area is 172 Å². The van der Waals surface area contributed by atoms with E-state index in [2.05, 4.69) is 40.6 Å². The fourth-order valence-corrected chi connectivity index (χ4v) is 4.40. The summed E-state index contributed by atoms with van der Waals surface area (Å²) in [6.07, 6.45) is 0.352. The number of aromatic nitrogens is 1. The smallest absolute Gasteiger partial charge is 0.228 e. The zero-order valence-corrected chi connectivity index (χ0v) is 16.4. The van der Waals surface area contributed by atoms with E-state index in [1.54, 1.807) is 11.3 Å². The SMILES string of the molecule is O=C(Cc1ccc2ccccc2c1)Nc1ccc(-c2nc3ccccc3s2)cc1. The molecule has 1 N–H and O–H groups in total. The van der Waals surface area contributed by atoms with Crippen LogP contribution in [0.1, 0.15) is 5.56 Å². The summed E-state index contributed by atoms with van der Waals surface area (Å²) in [5, 5.41) is 6.31. The first-order chi connectivity index (χ1) is 14.2. The van der Waals surface area contributed by atoms with E-state index >= 15 is 0 Å². The Morgan fingerprint density at radius 2 is 1.59 bits per heavy atom. The molecule has 0 bridgehead atoms. The van der Waals surface area contributed by atoms with Gasteiger partial charge in [0.2, 0.25) is 5.91 Å². The Balaban J connectivity index is 1.29. The Hall–Kier alpha value is -3.50. The van der Waals surface area contributed by atoms with E-state index in [1.165, 1.54) is 10.1 Å². The molecule has 0 spiro atoms. The first-order valence-electron chi connectivity index (χ1n) is 9.48. The van der Waals surface area contributed by atoms with Crippen molar-refractivity contribution in [3.63, 3.8) is 0 Å². The molecule has 0 atom stereocenters. The molecule has 5 rings (SSSR count). The van der Waals surface area contributed by atoms with Gasteiger partial charge in [0.15, 0.2) is 0 Å². The van der Waals surface area contributed by atoms with Crippen LogP contribution >= 0.6 is 11.3 Å². The molecule has 0 aliphatic heterocycles. The maximum atomic E-state index is 12.5. The number of para-hydroxylation sites is 1. The normalized spacial score (nSPS) is 11.0. The van der Waals surface area contributed by atoms with Crippen LogP contribution in [0.5, 0.6) is 0 Å². The van der Waals surface area contributed by atoms with Crippen molar-refractivity contribution in [2.75, 3.05) is 5.32 Å². The summed E-state index contributed by atoms with van der Waals surface area (Å²) in [6, 6.07) is 30.3. The predicted octanol–water partition coefficient (Wildman–Crippen LogP) is 6.30. The number of anilines is 1. The highest BCUT2D eigenvalue weighted by molar-refractivity contribution is 7.21. The van der Waals surface area contributed by atoms with Gasteiger partial charge in [0.1, 0.15) is 5.01 Å². The fourth-order valence-electron chi connectivity index (χ4n) is 3.43. The zero-order chi connectivity index (χ0) is 19.6. The third-order valence-corrected chi connectivity index (χ3v) is 5.97. The molecule has 1 heterocycles. The number of carbonyl (C=O) groups is 1. The lowest BCUT2D eigenvalue weighted by Gasteiger charge is -2.07. The second-order valence-electron chi connectivity index (χ2n) is 6.97. The molecule has 0 aliphatic carbocycles. The Bertz CT molecular complexity index is 1290. The lowest BCUT2D eigenvalue weighted by atomic mass is 10.0. The number of amides is 1. The van der Waals surface area contributed by atoms with Gasteiger partial charge in [-0.2, -0.15) is 0 Å². The van der Waals surface area contributed by atoms with Crippen LogP contribution in [-0.2, 0) is 11.2 Å². The average Bonchev–Trinajstić information content (AvgIpc) is 3.18. The number of hydrogen-bond donors (Lipinski definition) is 1. The number of nitrogens with one attached hydrogen (secondary N) is 1. The topological polar surface area (TPSA) is 42.0 Å². The summed E-state index contributed by atoms with van der Waals surface area (Å²) in [6.45, 7) is 0. The quantitative estimate of drug-likeness (QED) is 0.389. The molecule has 4 aromatic carbocycles. The van der Waals surface area contributed by atoms with E-state index in [0.717, 1.165) is 32.7 Å². The van der Waals surface area contributed by atoms with Gasteiger partial charge in [-0.25, -0.2) is 4.98 Å². The maximum Gasteiger partial charge on any atom is 0.228 e. The van der Waals surface area contributed by atoms with Crippen LogP contribution in [0.2, 0.25) is 0 Å². The van der Waals surface area contributed by atoms with E-state index in [9.17, 15) is 4.79 Å². The molecule has 5 aromatic rings. The van der Waals surface area contributed by atoms with Gasteiger partial charge in [-0.1, -0.05) is 54.6 Å². The summed E-state index contributed by atoms with van der Waals surface area (Å²) < 4.78 is 1.18. The van der Waals surface area contributed by atoms with E-state index in [1.807, 2.05) is 60.7 Å². The van der Waals surface area contributed by atoms with Crippen LogP contribution in [0.4, 0.5) is 5.69 Å². The minimum absolute atomic E-state index is 0.0204. The van der Waals surface area contributed by atoms with Crippen molar-refractivity contribution in [3.05, 3.63) is 96.6 Å². The highest BCUT2D eigenvalue weighted by Crippen LogP contribution is 2.30. The molecular formula is C25H18N2OS. The summed E-state index contributed by atoms with van der Waals surface area (Å²) in [5.41, 5.74) is 3.87. The average molecular weight is 394 g/mol. The van der Waals surface area contributed by atoms with E-state index in [-0.39, 0.29) is 5.91 Å². The van der Waals surface area contributed by atoms with Crippen molar-refractivity contribution in [1.29, 1.82) is 0 Å². The second-order valence-corrected chi connectivity index (χ2v) is 8.00. The van der Waals surface area contributed by atoms with Crippen molar-refractivity contribution in [3.8, 4) is 10.6 Å². The minimum atomic E-state index is -0.0204. The van der Waals surface area contributed by atoms with Crippen molar-refractivity contribution in [2.45, 2.75) is 6.42 Å². The highest BCUT2D eigenvalue weighted by Gasteiger charge is 2.08. The molecule has 3 nitrogen and oxygen atoms in total. The molecule has 0 aliphatic rings. The lowest BCUT2D eigenvalue weighted by Crippen LogP contribution is -2.14. The van der Waals surface area contributed by atoms with Gasteiger partial charge in [0, 0.05) is 11.3 Å². The van der Waals surface area contributed by atoms with Crippen LogP contribution in [0, 0.1) is 0 Å². The molecule has 29 heavy (non-hydrogen) atoms. The van der Waals surface area contributed by atoms with Crippen LogP contribution in [0.25, 0.3) is 31.6 Å². The fraction of sp³-hybridized carbons (Fsp3) is 0.0400. The van der Waals surface area contributed by atoms with Gasteiger partial charge in [0.25, 0.3) is 0 Å². The highest BCUT2D eigenvalue weighted by atomic mass is 32.1. The second kappa shape index (κ2) is 7.49. The van der Waals surface area contributed by atoms with E-state index < -0.39 is 0 Å². The third-order valence-electron chi connectivity index (χ3n) is 4.89. The Morgan fingerprint density at radius 1 is 0.828 bits per heavy atom. The summed E-state index contributed by atoms with van der Waals surface area (Å²) in [5.74, 6) is -0.0204. The van der Waals surface area contributed by atoms with E-state index in [4.69, 9.17) is 0 Å². The molecular weight excluding hydrogens is 376 g/mol. The van der Waals surface area contributed by atoms with Crippen LogP contribution in [0.15, 0.2) is 91.0 Å². The molecule has 1 aromatic heterocycles. The molecule has 0 saturated heterocycles. The Kier molecular flexibility index (Phi) is 4.54. The maximum absolute atomic E-state index is 12.5. The molecule has 0 unspecified atom stereocenters. The van der Waals surface area contributed by atoms with Crippen LogP contribution in [0.3, 0.4) is 0 Å². The third kappa shape index (κ3) is 3.75. The molecule has 1 amide bonds. The first kappa shape index (κ1) is 17.6. The lowest BCUT2D eigenvalue weighted by molar-refractivity contribution is -0.115. The molecule has 4 heteroatoms. The van der Waals surface area contributed by atoms with Crippen molar-refractivity contribution < 1.29 is 4.79 Å². The molecule has 0 saturated carbocycles. The standard InChI is InChI=1S/C25H18N2OS/c28-24(16-17-9-10-18-5-1-2-6-20(18)15-17)26-21-13-11-19(12-14-21)25-27-22-7-3-4-8-23(22)29-25/h1-15H,16H2,(H,26,28). The first-order valence-corrected chi connectivity index (χ1v) is 10.3. The molecule has 0 fully saturated rings. The van der Waals surface area contributed by atoms with Gasteiger partial charge in [-0.15, -0.1) is 11.3 Å². The summed E-state index contributed by atoms with van der Waals surface area (Å²) in [4.78, 5) is 17.2. The van der Waals surface area contributed by atoms with Crippen molar-refractivity contribution in [1.82, 2.24) is 4.98 Å². The molecule has 0 radical (unpaired) electrons. The number of nitrogens with zero attached hydrogens (tertiary/aromatic N) is 1. The van der Waals surface area contributed by atoms with Gasteiger partial charge >= 0.3 is 0 Å². The van der Waals surface area contributed by atoms with E-state index in [0.29, 0.717) is 6.42 Å². The monoisotopic (exact) mass is 394 g/mol. The number of rotatable bonds is 4. The van der Waals surface area contributed by atoms with Gasteiger partial charge < -0.3 is 5.32 Å². The predicted molar refractivity (Wildman–Crippen MR) is 121 cm³/mol. The largest absolute Gasteiger partial charge is 0.326 e. The number of fused-ring (bicyclic) bond motifs is 2. The summed E-state index contributed by atoms with van der Waals surface area (Å²) >= 11 is 1.67. The number of benzene rings is 4. The van der Waals surface area contributed by atoms with Crippen LogP contribution in [-0.4, -0.2) is 10.9 Å². The zero-order valence-electron chi connectivity index (χ0n) is 15.6. The number of thiazole rings is 1. The van der Waals surface area contributed by atoms with Crippen molar-refractivity contribution >= 4 is 43.9 Å². The molecule has 140 valence electrons. The van der Waals surface area contributed by atoms with Crippen molar-refractivity contribution in [2.24, 2.45) is 0 Å². The number of carbonyl (C=O) groups excluding carboxylic acids is 1. The minimum Gasteiger partial charge on any atom is -0.326 e. The van der Waals surface area contributed by atoms with Gasteiger partial charge in [-0.05, 0) is 52.7 Å². The summed E-state index contributed by atoms with van der Waals surface area (Å²) in [7, 11) is 0. The van der Waals surface area contributed by atoms with Crippen LogP contribution < -0.4 is 5.32 Å². The Morgan fingerprint density at radius 3 is 2.41 bits per heavy atom. The number of hydrogen-bond acceptors (Lipinski definition) is 3. The van der Waals surface area contributed by atoms with Gasteiger partial charge in [0.05, 0.1) is 16.6 Å².